The molecule has 0 bridgehead atoms. The Kier molecular flexibility index (Phi) is 3.94. The van der Waals surface area contributed by atoms with Gasteiger partial charge < -0.3 is 10.5 Å². The number of aromatic carboxylic acids is 1. The van der Waals surface area contributed by atoms with Gasteiger partial charge in [-0.2, -0.15) is 8.42 Å². The maximum absolute atomic E-state index is 11.2. The van der Waals surface area contributed by atoms with Crippen LogP contribution in [-0.4, -0.2) is 24.0 Å². The third-order valence-corrected chi connectivity index (χ3v) is 3.74. The van der Waals surface area contributed by atoms with Crippen molar-refractivity contribution in [2.45, 2.75) is 4.90 Å². The molecule has 2 aromatic carbocycles. The molecule has 0 spiro atoms. The summed E-state index contributed by atoms with van der Waals surface area (Å²) in [5.41, 5.74) is 3.31. The fourth-order valence-electron chi connectivity index (χ4n) is 1.94. The highest BCUT2D eigenvalue weighted by atomic mass is 32.2. The second-order valence-electron chi connectivity index (χ2n) is 4.18. The van der Waals surface area contributed by atoms with Gasteiger partial charge in [-0.25, -0.2) is 4.79 Å². The van der Waals surface area contributed by atoms with Gasteiger partial charge in [0.25, 0.3) is 10.1 Å². The number of nitrogens with one attached hydrogen (secondary N) is 1. The van der Waals surface area contributed by atoms with Crippen LogP contribution in [0.1, 0.15) is 10.4 Å². The van der Waals surface area contributed by atoms with Crippen molar-refractivity contribution in [3.8, 4) is 11.1 Å². The molecule has 0 saturated carbocycles. The highest BCUT2D eigenvalue weighted by molar-refractivity contribution is 7.85. The molecule has 0 aromatic heterocycles. The van der Waals surface area contributed by atoms with Crippen molar-refractivity contribution in [3.05, 3.63) is 48.0 Å². The fraction of sp³-hybridized carbons (Fsp3) is 0. The minimum atomic E-state index is -4.37. The summed E-state index contributed by atoms with van der Waals surface area (Å²) in [6, 6.07) is 9.91. The Hall–Kier alpha value is -2.42. The van der Waals surface area contributed by atoms with Crippen LogP contribution in [0, 0.1) is 0 Å². The second-order valence-corrected chi connectivity index (χ2v) is 5.60. The van der Waals surface area contributed by atoms with Crippen LogP contribution in [0.3, 0.4) is 0 Å². The van der Waals surface area contributed by atoms with Gasteiger partial charge in [-0.15, -0.1) is 0 Å². The minimum absolute atomic E-state index is 0.0496. The SMILES string of the molecule is NNc1cc(S(=O)(=O)O)ccc1-c1ccccc1C(=O)O. The third-order valence-electron chi connectivity index (χ3n) is 2.89. The standard InChI is InChI=1S/C13H12N2O5S/c14-15-12-7-8(21(18,19)20)5-6-10(12)9-3-1-2-4-11(9)13(16)17/h1-7,15H,14H2,(H,16,17)(H,18,19,20). The van der Waals surface area contributed by atoms with Crippen LogP contribution < -0.4 is 11.3 Å². The Balaban J connectivity index is 2.68. The maximum atomic E-state index is 11.2. The van der Waals surface area contributed by atoms with E-state index in [2.05, 4.69) is 5.43 Å². The Bertz CT molecular complexity index is 802. The van der Waals surface area contributed by atoms with Crippen molar-refractivity contribution >= 4 is 21.8 Å². The highest BCUT2D eigenvalue weighted by Crippen LogP contribution is 2.32. The van der Waals surface area contributed by atoms with Crippen molar-refractivity contribution in [1.82, 2.24) is 0 Å². The van der Waals surface area contributed by atoms with Crippen LogP contribution in [0.2, 0.25) is 0 Å². The summed E-state index contributed by atoms with van der Waals surface area (Å²) >= 11 is 0. The number of nitrogens with two attached hydrogens (primary N) is 1. The molecule has 0 heterocycles. The van der Waals surface area contributed by atoms with Crippen LogP contribution in [0.25, 0.3) is 11.1 Å². The van der Waals surface area contributed by atoms with Gasteiger partial charge in [-0.1, -0.05) is 24.3 Å². The number of hydrogen-bond acceptors (Lipinski definition) is 5. The molecular weight excluding hydrogens is 296 g/mol. The van der Waals surface area contributed by atoms with Crippen molar-refractivity contribution in [2.75, 3.05) is 5.43 Å². The van der Waals surface area contributed by atoms with Gasteiger partial charge in [0, 0.05) is 5.56 Å². The summed E-state index contributed by atoms with van der Waals surface area (Å²) in [4.78, 5) is 10.9. The van der Waals surface area contributed by atoms with Crippen LogP contribution in [0.4, 0.5) is 5.69 Å². The molecule has 2 rings (SSSR count). The van der Waals surface area contributed by atoms with E-state index in [4.69, 9.17) is 10.4 Å². The summed E-state index contributed by atoms with van der Waals surface area (Å²) in [5, 5.41) is 9.19. The molecule has 0 unspecified atom stereocenters. The minimum Gasteiger partial charge on any atom is -0.478 e. The summed E-state index contributed by atoms with van der Waals surface area (Å²) in [5.74, 6) is 4.23. The predicted octanol–water partition coefficient (Wildman–Crippen LogP) is 1.58. The van der Waals surface area contributed by atoms with Gasteiger partial charge in [0.05, 0.1) is 16.1 Å². The number of nitrogen functional groups attached to an aromatic ring is 1. The molecule has 0 aliphatic rings. The molecule has 5 N–H and O–H groups in total. The summed E-state index contributed by atoms with van der Waals surface area (Å²) < 4.78 is 31.3. The quantitative estimate of drug-likeness (QED) is 0.383. The molecule has 7 nitrogen and oxygen atoms in total. The number of benzene rings is 2. The summed E-state index contributed by atoms with van der Waals surface area (Å²) in [7, 11) is -4.37. The molecule has 2 aromatic rings. The van der Waals surface area contributed by atoms with E-state index >= 15 is 0 Å². The molecule has 0 fully saturated rings. The van der Waals surface area contributed by atoms with Gasteiger partial charge in [0.15, 0.2) is 0 Å². The fourth-order valence-corrected chi connectivity index (χ4v) is 2.45. The zero-order chi connectivity index (χ0) is 15.6. The van der Waals surface area contributed by atoms with Crippen LogP contribution in [0.15, 0.2) is 47.4 Å². The van der Waals surface area contributed by atoms with Gasteiger partial charge in [-0.3, -0.25) is 10.4 Å². The smallest absolute Gasteiger partial charge is 0.336 e. The molecule has 0 aliphatic carbocycles. The monoisotopic (exact) mass is 308 g/mol. The number of carboxylic acids is 1. The molecule has 0 amide bonds. The predicted molar refractivity (Wildman–Crippen MR) is 76.5 cm³/mol. The number of hydrogen-bond donors (Lipinski definition) is 4. The first-order chi connectivity index (χ1) is 9.84. The second kappa shape index (κ2) is 5.52. The van der Waals surface area contributed by atoms with Gasteiger partial charge in [0.2, 0.25) is 0 Å². The number of hydrazine groups is 1. The summed E-state index contributed by atoms with van der Waals surface area (Å²) in [6.45, 7) is 0. The van der Waals surface area contributed by atoms with Crippen molar-refractivity contribution in [2.24, 2.45) is 5.84 Å². The number of anilines is 1. The van der Waals surface area contributed by atoms with Crippen LogP contribution >= 0.6 is 0 Å². The normalized spacial score (nSPS) is 11.1. The first-order valence-corrected chi connectivity index (χ1v) is 7.19. The lowest BCUT2D eigenvalue weighted by Gasteiger charge is -2.12. The van der Waals surface area contributed by atoms with Crippen LogP contribution in [0.5, 0.6) is 0 Å². The van der Waals surface area contributed by atoms with Gasteiger partial charge in [0.1, 0.15) is 0 Å². The average Bonchev–Trinajstić information content (AvgIpc) is 2.45. The van der Waals surface area contributed by atoms with E-state index in [-0.39, 0.29) is 16.1 Å². The lowest BCUT2D eigenvalue weighted by Crippen LogP contribution is -2.10. The van der Waals surface area contributed by atoms with E-state index < -0.39 is 16.1 Å². The molecule has 0 aliphatic heterocycles. The van der Waals surface area contributed by atoms with E-state index in [1.807, 2.05) is 0 Å². The van der Waals surface area contributed by atoms with Crippen LogP contribution in [-0.2, 0) is 10.1 Å². The molecule has 21 heavy (non-hydrogen) atoms. The van der Waals surface area contributed by atoms with E-state index in [1.54, 1.807) is 18.2 Å². The molecule has 0 radical (unpaired) electrons. The van der Waals surface area contributed by atoms with E-state index in [0.717, 1.165) is 6.07 Å². The largest absolute Gasteiger partial charge is 0.478 e. The zero-order valence-corrected chi connectivity index (χ0v) is 11.5. The molecule has 0 atom stereocenters. The average molecular weight is 308 g/mol. The Morgan fingerprint density at radius 2 is 1.76 bits per heavy atom. The topological polar surface area (TPSA) is 130 Å². The first kappa shape index (κ1) is 15.0. The summed E-state index contributed by atoms with van der Waals surface area (Å²) in [6.07, 6.45) is 0. The zero-order valence-electron chi connectivity index (χ0n) is 10.6. The Morgan fingerprint density at radius 3 is 2.33 bits per heavy atom. The van der Waals surface area contributed by atoms with Gasteiger partial charge >= 0.3 is 5.97 Å². The third kappa shape index (κ3) is 3.02. The lowest BCUT2D eigenvalue weighted by atomic mass is 9.98. The van der Waals surface area contributed by atoms with E-state index in [1.165, 1.54) is 18.2 Å². The first-order valence-electron chi connectivity index (χ1n) is 5.75. The van der Waals surface area contributed by atoms with E-state index in [0.29, 0.717) is 11.1 Å². The maximum Gasteiger partial charge on any atom is 0.336 e. The van der Waals surface area contributed by atoms with Crippen molar-refractivity contribution in [1.29, 1.82) is 0 Å². The molecule has 0 saturated heterocycles. The van der Waals surface area contributed by atoms with Crippen molar-refractivity contribution in [3.63, 3.8) is 0 Å². The Morgan fingerprint density at radius 1 is 1.10 bits per heavy atom. The number of carbonyl (C=O) groups is 1. The van der Waals surface area contributed by atoms with Crippen molar-refractivity contribution < 1.29 is 22.9 Å². The molecule has 110 valence electrons. The van der Waals surface area contributed by atoms with Gasteiger partial charge in [-0.05, 0) is 23.8 Å². The molecule has 8 heteroatoms. The lowest BCUT2D eigenvalue weighted by molar-refractivity contribution is 0.0697. The highest BCUT2D eigenvalue weighted by Gasteiger charge is 2.17. The van der Waals surface area contributed by atoms with E-state index in [9.17, 15) is 18.3 Å². The number of carboxylic acid groups (broad SMARTS) is 1. The Labute approximate surface area is 120 Å². The molecular formula is C13H12N2O5S. The number of rotatable bonds is 4.